The Morgan fingerprint density at radius 3 is 2.90 bits per heavy atom. The Bertz CT molecular complexity index is 605. The van der Waals surface area contributed by atoms with Gasteiger partial charge in [-0.15, -0.1) is 0 Å². The molecule has 2 heterocycles. The van der Waals surface area contributed by atoms with Crippen molar-refractivity contribution in [1.29, 1.82) is 0 Å². The molecular formula is C13H18N4O3. The predicted octanol–water partition coefficient (Wildman–Crippen LogP) is 1.41. The van der Waals surface area contributed by atoms with Gasteiger partial charge in [0, 0.05) is 18.9 Å². The van der Waals surface area contributed by atoms with E-state index >= 15 is 0 Å². The largest absolute Gasteiger partial charge is 0.370 e. The maximum Gasteiger partial charge on any atom is 0.267 e. The minimum Gasteiger partial charge on any atom is -0.370 e. The minimum absolute atomic E-state index is 0.156. The minimum atomic E-state index is -0.240. The summed E-state index contributed by atoms with van der Waals surface area (Å²) >= 11 is 0. The SMILES string of the molecule is CC(C)CO[C@H](C)c1noc(Cn2ncccc2=O)n1. The van der Waals surface area contributed by atoms with E-state index in [1.54, 1.807) is 6.07 Å². The maximum atomic E-state index is 11.5. The molecule has 0 radical (unpaired) electrons. The van der Waals surface area contributed by atoms with Crippen LogP contribution >= 0.6 is 0 Å². The van der Waals surface area contributed by atoms with Crippen LogP contribution in [0.25, 0.3) is 0 Å². The molecule has 0 unspecified atom stereocenters. The Balaban J connectivity index is 2.02. The van der Waals surface area contributed by atoms with E-state index in [1.807, 2.05) is 6.92 Å². The van der Waals surface area contributed by atoms with E-state index in [2.05, 4.69) is 29.1 Å². The monoisotopic (exact) mass is 278 g/mol. The molecule has 1 atom stereocenters. The van der Waals surface area contributed by atoms with Crippen molar-refractivity contribution in [3.63, 3.8) is 0 Å². The second-order valence-corrected chi connectivity index (χ2v) is 4.94. The zero-order valence-electron chi connectivity index (χ0n) is 11.8. The second-order valence-electron chi connectivity index (χ2n) is 4.94. The molecule has 0 spiro atoms. The van der Waals surface area contributed by atoms with Crippen molar-refractivity contribution in [3.05, 3.63) is 40.4 Å². The number of ether oxygens (including phenoxy) is 1. The van der Waals surface area contributed by atoms with Crippen LogP contribution in [0.1, 0.15) is 38.6 Å². The zero-order chi connectivity index (χ0) is 14.5. The highest BCUT2D eigenvalue weighted by atomic mass is 16.5. The van der Waals surface area contributed by atoms with Crippen LogP contribution in [0, 0.1) is 5.92 Å². The lowest BCUT2D eigenvalue weighted by molar-refractivity contribution is 0.0402. The predicted molar refractivity (Wildman–Crippen MR) is 71.1 cm³/mol. The average molecular weight is 278 g/mol. The molecule has 0 N–H and O–H groups in total. The van der Waals surface area contributed by atoms with Crippen molar-refractivity contribution in [2.24, 2.45) is 5.92 Å². The van der Waals surface area contributed by atoms with Crippen molar-refractivity contribution in [3.8, 4) is 0 Å². The number of hydrogen-bond donors (Lipinski definition) is 0. The van der Waals surface area contributed by atoms with Gasteiger partial charge in [-0.1, -0.05) is 19.0 Å². The van der Waals surface area contributed by atoms with E-state index in [0.29, 0.717) is 24.2 Å². The molecule has 20 heavy (non-hydrogen) atoms. The van der Waals surface area contributed by atoms with Crippen LogP contribution in [0.5, 0.6) is 0 Å². The number of aromatic nitrogens is 4. The lowest BCUT2D eigenvalue weighted by Crippen LogP contribution is -2.21. The van der Waals surface area contributed by atoms with Gasteiger partial charge in [0.15, 0.2) is 5.82 Å². The van der Waals surface area contributed by atoms with Crippen LogP contribution in [0.3, 0.4) is 0 Å². The van der Waals surface area contributed by atoms with Gasteiger partial charge in [0.05, 0.1) is 0 Å². The van der Waals surface area contributed by atoms with Crippen LogP contribution in [-0.4, -0.2) is 26.5 Å². The Labute approximate surface area is 116 Å². The number of hydrogen-bond acceptors (Lipinski definition) is 6. The molecule has 7 nitrogen and oxygen atoms in total. The maximum absolute atomic E-state index is 11.5. The lowest BCUT2D eigenvalue weighted by atomic mass is 10.2. The highest BCUT2D eigenvalue weighted by Gasteiger charge is 2.15. The van der Waals surface area contributed by atoms with Crippen molar-refractivity contribution < 1.29 is 9.26 Å². The van der Waals surface area contributed by atoms with Gasteiger partial charge in [0.25, 0.3) is 5.56 Å². The third kappa shape index (κ3) is 3.74. The van der Waals surface area contributed by atoms with Gasteiger partial charge in [-0.3, -0.25) is 4.79 Å². The van der Waals surface area contributed by atoms with Crippen LogP contribution in [0.15, 0.2) is 27.6 Å². The Hall–Kier alpha value is -2.02. The summed E-state index contributed by atoms with van der Waals surface area (Å²) in [4.78, 5) is 15.7. The summed E-state index contributed by atoms with van der Waals surface area (Å²) in [5, 5.41) is 7.80. The molecule has 7 heteroatoms. The smallest absolute Gasteiger partial charge is 0.267 e. The molecule has 0 fully saturated rings. The van der Waals surface area contributed by atoms with Crippen LogP contribution in [0.4, 0.5) is 0 Å². The molecule has 0 bridgehead atoms. The Morgan fingerprint density at radius 2 is 2.20 bits per heavy atom. The van der Waals surface area contributed by atoms with E-state index in [-0.39, 0.29) is 18.2 Å². The molecule has 2 aromatic heterocycles. The van der Waals surface area contributed by atoms with E-state index in [0.717, 1.165) is 0 Å². The molecule has 0 aromatic carbocycles. The molecule has 0 amide bonds. The van der Waals surface area contributed by atoms with Gasteiger partial charge in [-0.05, 0) is 18.9 Å². The highest BCUT2D eigenvalue weighted by Crippen LogP contribution is 2.14. The van der Waals surface area contributed by atoms with Gasteiger partial charge in [-0.25, -0.2) is 4.68 Å². The zero-order valence-corrected chi connectivity index (χ0v) is 11.8. The quantitative estimate of drug-likeness (QED) is 0.794. The molecule has 0 saturated heterocycles. The average Bonchev–Trinajstić information content (AvgIpc) is 2.87. The summed E-state index contributed by atoms with van der Waals surface area (Å²) in [5.74, 6) is 1.25. The first-order valence-corrected chi connectivity index (χ1v) is 6.52. The van der Waals surface area contributed by atoms with Gasteiger partial charge in [-0.2, -0.15) is 10.1 Å². The van der Waals surface area contributed by atoms with Gasteiger partial charge in [0.2, 0.25) is 5.89 Å². The summed E-state index contributed by atoms with van der Waals surface area (Å²) in [7, 11) is 0. The van der Waals surface area contributed by atoms with Gasteiger partial charge < -0.3 is 9.26 Å². The number of rotatable bonds is 6. The molecule has 0 aliphatic heterocycles. The van der Waals surface area contributed by atoms with Gasteiger partial charge in [0.1, 0.15) is 12.6 Å². The lowest BCUT2D eigenvalue weighted by Gasteiger charge is -2.10. The second kappa shape index (κ2) is 6.42. The first kappa shape index (κ1) is 14.4. The summed E-state index contributed by atoms with van der Waals surface area (Å²) < 4.78 is 12.0. The first-order valence-electron chi connectivity index (χ1n) is 6.52. The molecule has 2 rings (SSSR count). The Kier molecular flexibility index (Phi) is 4.62. The molecule has 0 saturated carbocycles. The van der Waals surface area contributed by atoms with Crippen molar-refractivity contribution in [2.45, 2.75) is 33.4 Å². The van der Waals surface area contributed by atoms with Crippen LogP contribution in [0.2, 0.25) is 0 Å². The van der Waals surface area contributed by atoms with E-state index in [1.165, 1.54) is 16.9 Å². The summed E-state index contributed by atoms with van der Waals surface area (Å²) in [6.07, 6.45) is 1.29. The highest BCUT2D eigenvalue weighted by molar-refractivity contribution is 4.92. The summed E-state index contributed by atoms with van der Waals surface area (Å²) in [5.41, 5.74) is -0.212. The fourth-order valence-electron chi connectivity index (χ4n) is 1.54. The number of nitrogens with zero attached hydrogens (tertiary/aromatic N) is 4. The van der Waals surface area contributed by atoms with Crippen LogP contribution in [-0.2, 0) is 11.3 Å². The third-order valence-corrected chi connectivity index (χ3v) is 2.60. The summed E-state index contributed by atoms with van der Waals surface area (Å²) in [6, 6.07) is 3.01. The molecule has 108 valence electrons. The first-order chi connectivity index (χ1) is 9.56. The van der Waals surface area contributed by atoms with Crippen molar-refractivity contribution in [1.82, 2.24) is 19.9 Å². The molecule has 2 aromatic rings. The van der Waals surface area contributed by atoms with E-state index in [4.69, 9.17) is 9.26 Å². The van der Waals surface area contributed by atoms with Crippen molar-refractivity contribution >= 4 is 0 Å². The van der Waals surface area contributed by atoms with Gasteiger partial charge >= 0.3 is 0 Å². The van der Waals surface area contributed by atoms with Crippen LogP contribution < -0.4 is 5.56 Å². The molecule has 0 aliphatic rings. The summed E-state index contributed by atoms with van der Waals surface area (Å²) in [6.45, 7) is 6.79. The normalized spacial score (nSPS) is 12.8. The molecular weight excluding hydrogens is 260 g/mol. The van der Waals surface area contributed by atoms with Crippen molar-refractivity contribution in [2.75, 3.05) is 6.61 Å². The van der Waals surface area contributed by atoms with E-state index < -0.39 is 0 Å². The van der Waals surface area contributed by atoms with E-state index in [9.17, 15) is 4.79 Å². The Morgan fingerprint density at radius 1 is 1.40 bits per heavy atom. The molecule has 0 aliphatic carbocycles. The topological polar surface area (TPSA) is 83.0 Å². The standard InChI is InChI=1S/C13H18N4O3/c1-9(2)8-19-10(3)13-15-11(20-16-13)7-17-12(18)5-4-6-14-17/h4-6,9-10H,7-8H2,1-3H3/t10-/m1/s1. The fraction of sp³-hybridized carbons (Fsp3) is 0.538. The third-order valence-electron chi connectivity index (χ3n) is 2.60. The fourth-order valence-corrected chi connectivity index (χ4v) is 1.54.